The van der Waals surface area contributed by atoms with E-state index in [0.717, 1.165) is 0 Å². The van der Waals surface area contributed by atoms with Crippen LogP contribution in [0.3, 0.4) is 0 Å². The van der Waals surface area contributed by atoms with Crippen molar-refractivity contribution in [2.45, 2.75) is 0 Å². The summed E-state index contributed by atoms with van der Waals surface area (Å²) in [6.45, 7) is 0. The molecule has 0 radical (unpaired) electrons. The minimum Gasteiger partial charge on any atom is -0.545 e. The predicted molar refractivity (Wildman–Crippen MR) is 278 cm³/mol. The molecule has 0 saturated carbocycles. The Morgan fingerprint density at radius 2 is 0.613 bits per heavy atom. The van der Waals surface area contributed by atoms with Crippen LogP contribution in [0.1, 0.15) is 41.4 Å². The lowest BCUT2D eigenvalue weighted by Crippen LogP contribution is -2.21. The third-order valence-electron chi connectivity index (χ3n) is 13.0. The molecule has 0 saturated heterocycles. The largest absolute Gasteiger partial charge is 0.545 e. The van der Waals surface area contributed by atoms with Crippen LogP contribution >= 0.6 is 0 Å². The highest BCUT2D eigenvalue weighted by atomic mass is 16.5. The number of carboxylic acid groups (broad SMARTS) is 4. The Kier molecular flexibility index (Phi) is 11.4. The second-order valence-corrected chi connectivity index (χ2v) is 18.1. The number of carbonyl (C=O) groups is 4. The van der Waals surface area contributed by atoms with Crippen LogP contribution in [-0.2, 0) is 0 Å². The van der Waals surface area contributed by atoms with E-state index in [1.165, 1.54) is 97.1 Å². The zero-order valence-electron chi connectivity index (χ0n) is 40.7. The van der Waals surface area contributed by atoms with Crippen molar-refractivity contribution < 1.29 is 58.6 Å². The van der Waals surface area contributed by atoms with Gasteiger partial charge in [-0.05, 0) is 192 Å². The number of carboxylic acids is 4. The van der Waals surface area contributed by atoms with E-state index in [1.54, 1.807) is 72.8 Å². The number of hydrogen-bond acceptors (Lipinski definition) is 18. The van der Waals surface area contributed by atoms with Gasteiger partial charge in [0.05, 0.1) is 23.9 Å². The van der Waals surface area contributed by atoms with Crippen molar-refractivity contribution in [3.8, 4) is 114 Å². The molecule has 0 fully saturated rings. The Morgan fingerprint density at radius 3 is 1.01 bits per heavy atom. The molecule has 0 atom stereocenters. The lowest BCUT2D eigenvalue weighted by molar-refractivity contribution is -0.256. The maximum Gasteiger partial charge on any atom is 0.164 e. The quantitative estimate of drug-likeness (QED) is 0.120. The summed E-state index contributed by atoms with van der Waals surface area (Å²) in [5.41, 5.74) is 3.93. The average Bonchev–Trinajstić information content (AvgIpc) is 4.29. The van der Waals surface area contributed by atoms with Crippen LogP contribution in [0.25, 0.3) is 90.4 Å². The topological polar surface area (TPSA) is 306 Å². The molecular formula is C60H30N8O12-4. The fourth-order valence-corrected chi connectivity index (χ4v) is 9.15. The standard InChI is InChI=1S/C60H34N8O12/c69-57(70)29-1-9-33(10-2-29)77-37-17-21-41-45(25-37)53-61-49(41)66-54-47-27-39(79-35-13-5-31(6-14-35)59(73)74)19-23-43(47)51(63-54)68-56-48-28-40(80-36-15-7-32(8-16-36)60(75)76)20-24-44(48)52(64-56)67-55-46-26-38(18-22-42(46)50(62-55)65-53)78-34-11-3-30(4-12-34)58(71)72/h1-28H,(H,69,70)(H,71,72)(H,73,74)(H,75,76)(H2,61,62,63,64,65,66,67,68)/p-4. The van der Waals surface area contributed by atoms with Gasteiger partial charge in [0.2, 0.25) is 0 Å². The SMILES string of the molecule is O=C([O-])c1ccc(Oc2ccc3c(c2)-c2nc4nc(nc5[nH]c([nH]c6nc(nc-3n2)-c2cc(Oc3ccc(C(=O)[O-])cc3)ccc2-6)c2cc(Oc3ccc(C(=O)[O-])cc3)ccc52)-c2cc(Oc3ccc(C(=O)[O-])cc3)ccc2-4)cc1. The number of ether oxygens (including phenoxy) is 4. The molecule has 8 bridgehead atoms. The Bertz CT molecular complexity index is 4480. The van der Waals surface area contributed by atoms with Crippen LogP contribution < -0.4 is 39.4 Å². The molecule has 13 rings (SSSR count). The van der Waals surface area contributed by atoms with Gasteiger partial charge in [-0.25, -0.2) is 29.9 Å². The number of nitrogens with one attached hydrogen (secondary N) is 2. The number of fused-ring (bicyclic) bond motifs is 20. The molecule has 8 aromatic carbocycles. The monoisotopic (exact) mass is 1050 g/mol. The van der Waals surface area contributed by atoms with Crippen molar-refractivity contribution in [2.24, 2.45) is 0 Å². The number of H-pyrrole nitrogens is 2. The van der Waals surface area contributed by atoms with Crippen molar-refractivity contribution in [3.05, 3.63) is 192 Å². The first-order chi connectivity index (χ1) is 38.8. The first kappa shape index (κ1) is 47.9. The summed E-state index contributed by atoms with van der Waals surface area (Å²) < 4.78 is 24.9. The van der Waals surface area contributed by atoms with E-state index in [0.29, 0.717) is 107 Å². The van der Waals surface area contributed by atoms with Gasteiger partial charge in [-0.1, -0.05) is 0 Å². The van der Waals surface area contributed by atoms with E-state index in [9.17, 15) is 39.6 Å². The molecule has 0 amide bonds. The van der Waals surface area contributed by atoms with Crippen LogP contribution in [0.2, 0.25) is 0 Å². The van der Waals surface area contributed by atoms with Crippen LogP contribution in [-0.4, -0.2) is 63.7 Å². The highest BCUT2D eigenvalue weighted by Gasteiger charge is 2.27. The van der Waals surface area contributed by atoms with Crippen LogP contribution in [0, 0.1) is 0 Å². The molecule has 20 heteroatoms. The highest BCUT2D eigenvalue weighted by Crippen LogP contribution is 2.44. The molecule has 10 aromatic rings. The van der Waals surface area contributed by atoms with E-state index in [1.807, 2.05) is 0 Å². The lowest BCUT2D eigenvalue weighted by atomic mass is 10.1. The average molecular weight is 1050 g/mol. The third-order valence-corrected chi connectivity index (χ3v) is 13.0. The highest BCUT2D eigenvalue weighted by molar-refractivity contribution is 6.06. The van der Waals surface area contributed by atoms with Gasteiger partial charge in [0, 0.05) is 44.2 Å². The minimum absolute atomic E-state index is 0.0165. The fraction of sp³-hybridized carbons (Fsp3) is 0. The predicted octanol–water partition coefficient (Wildman–Crippen LogP) is 7.40. The number of nitrogens with zero attached hydrogens (tertiary/aromatic N) is 6. The summed E-state index contributed by atoms with van der Waals surface area (Å²) >= 11 is 0. The zero-order valence-corrected chi connectivity index (χ0v) is 40.7. The normalized spacial score (nSPS) is 11.4. The van der Waals surface area contributed by atoms with E-state index < -0.39 is 23.9 Å². The number of aromatic nitrogens is 8. The van der Waals surface area contributed by atoms with Crippen molar-refractivity contribution in [2.75, 3.05) is 0 Å². The molecule has 5 heterocycles. The molecule has 80 heavy (non-hydrogen) atoms. The van der Waals surface area contributed by atoms with Gasteiger partial charge in [0.15, 0.2) is 29.1 Å². The molecule has 386 valence electrons. The molecule has 2 aromatic heterocycles. The van der Waals surface area contributed by atoms with E-state index in [2.05, 4.69) is 9.97 Å². The molecule has 0 aliphatic carbocycles. The van der Waals surface area contributed by atoms with E-state index in [4.69, 9.17) is 48.9 Å². The number of aromatic carboxylic acids is 4. The number of rotatable bonds is 12. The van der Waals surface area contributed by atoms with Crippen LogP contribution in [0.5, 0.6) is 46.0 Å². The van der Waals surface area contributed by atoms with Gasteiger partial charge in [-0.15, -0.1) is 0 Å². The summed E-state index contributed by atoms with van der Waals surface area (Å²) in [5.74, 6) is -0.999. The van der Waals surface area contributed by atoms with Crippen LogP contribution in [0.15, 0.2) is 170 Å². The third kappa shape index (κ3) is 9.06. The Balaban J connectivity index is 1.02. The second kappa shape index (κ2) is 19.1. The van der Waals surface area contributed by atoms with Crippen molar-refractivity contribution >= 4 is 45.9 Å². The first-order valence-corrected chi connectivity index (χ1v) is 24.2. The number of benzene rings is 8. The molecule has 0 unspecified atom stereocenters. The fourth-order valence-electron chi connectivity index (χ4n) is 9.15. The van der Waals surface area contributed by atoms with Gasteiger partial charge in [-0.2, -0.15) is 0 Å². The minimum atomic E-state index is -1.33. The molecule has 2 N–H and O–H groups in total. The molecule has 20 nitrogen and oxygen atoms in total. The summed E-state index contributed by atoms with van der Waals surface area (Å²) in [6, 6.07) is 44.1. The van der Waals surface area contributed by atoms with Gasteiger partial charge < -0.3 is 68.5 Å². The van der Waals surface area contributed by atoms with Crippen LogP contribution in [0.4, 0.5) is 0 Å². The number of hydrogen-bond donors (Lipinski definition) is 2. The maximum absolute atomic E-state index is 11.5. The van der Waals surface area contributed by atoms with E-state index >= 15 is 0 Å². The maximum atomic E-state index is 11.5. The molecule has 3 aliphatic rings. The summed E-state index contributed by atoms with van der Waals surface area (Å²) in [7, 11) is 0. The number of aromatic amines is 2. The Hall–Kier alpha value is -11.8. The molecule has 3 aliphatic heterocycles. The van der Waals surface area contributed by atoms with Crippen molar-refractivity contribution in [1.82, 2.24) is 39.9 Å². The Morgan fingerprint density at radius 1 is 0.300 bits per heavy atom. The Labute approximate surface area is 449 Å². The lowest BCUT2D eigenvalue weighted by Gasteiger charge is -2.09. The van der Waals surface area contributed by atoms with Crippen molar-refractivity contribution in [1.29, 1.82) is 0 Å². The van der Waals surface area contributed by atoms with Gasteiger partial charge in [0.25, 0.3) is 0 Å². The zero-order chi connectivity index (χ0) is 54.8. The summed E-state index contributed by atoms with van der Waals surface area (Å²) in [5, 5.41) is 47.2. The van der Waals surface area contributed by atoms with Gasteiger partial charge in [0.1, 0.15) is 63.1 Å². The molecule has 0 spiro atoms. The smallest absolute Gasteiger partial charge is 0.164 e. The first-order valence-electron chi connectivity index (χ1n) is 24.2. The van der Waals surface area contributed by atoms with Gasteiger partial charge in [-0.3, -0.25) is 0 Å². The number of carbonyl (C=O) groups excluding carboxylic acids is 4. The molecular weight excluding hydrogens is 1020 g/mol. The van der Waals surface area contributed by atoms with Gasteiger partial charge >= 0.3 is 0 Å². The second-order valence-electron chi connectivity index (χ2n) is 18.1. The summed E-state index contributed by atoms with van der Waals surface area (Å²) in [4.78, 5) is 83.3. The van der Waals surface area contributed by atoms with Crippen molar-refractivity contribution in [3.63, 3.8) is 0 Å². The van der Waals surface area contributed by atoms with E-state index in [-0.39, 0.29) is 51.4 Å². The summed E-state index contributed by atoms with van der Waals surface area (Å²) in [6.07, 6.45) is 0.